The zero-order valence-electron chi connectivity index (χ0n) is 30.2. The van der Waals surface area contributed by atoms with Gasteiger partial charge < -0.3 is 25.0 Å². The van der Waals surface area contributed by atoms with E-state index in [9.17, 15) is 23.6 Å². The molecule has 4 amide bonds. The molecule has 0 saturated carbocycles. The second-order valence-corrected chi connectivity index (χ2v) is 14.4. The first-order valence-electron chi connectivity index (χ1n) is 17.6. The van der Waals surface area contributed by atoms with E-state index in [1.54, 1.807) is 52.0 Å². The SMILES string of the molecule is CNC(=O)C(Cc1ccc2ccccc2c1)N1CCN(C(=O)C(Cc2ccc(F)cc2)NC(=O)C2CCCN2C(=O)OC(C)(C)C)C(COC)C1. The molecule has 5 rings (SSSR count). The van der Waals surface area contributed by atoms with Crippen molar-refractivity contribution in [3.05, 3.63) is 83.7 Å². The third-order valence-electron chi connectivity index (χ3n) is 9.54. The van der Waals surface area contributed by atoms with Crippen LogP contribution in [0.1, 0.15) is 44.7 Å². The molecule has 4 unspecified atom stereocenters. The Labute approximate surface area is 299 Å². The lowest BCUT2D eigenvalue weighted by Crippen LogP contribution is -2.64. The van der Waals surface area contributed by atoms with Gasteiger partial charge in [0, 0.05) is 46.8 Å². The van der Waals surface area contributed by atoms with Gasteiger partial charge in [-0.05, 0) is 74.1 Å². The predicted molar refractivity (Wildman–Crippen MR) is 192 cm³/mol. The number of halogens is 1. The molecule has 11 nitrogen and oxygen atoms in total. The lowest BCUT2D eigenvalue weighted by molar-refractivity contribution is -0.144. The lowest BCUT2D eigenvalue weighted by atomic mass is 9.98. The van der Waals surface area contributed by atoms with Gasteiger partial charge in [0.25, 0.3) is 0 Å². The van der Waals surface area contributed by atoms with Crippen molar-refractivity contribution in [3.63, 3.8) is 0 Å². The topological polar surface area (TPSA) is 121 Å². The highest BCUT2D eigenvalue weighted by Crippen LogP contribution is 2.24. The average molecular weight is 704 g/mol. The highest BCUT2D eigenvalue weighted by atomic mass is 19.1. The van der Waals surface area contributed by atoms with Crippen molar-refractivity contribution in [2.24, 2.45) is 0 Å². The van der Waals surface area contributed by atoms with Crippen molar-refractivity contribution in [1.82, 2.24) is 25.3 Å². The second kappa shape index (κ2) is 16.6. The summed E-state index contributed by atoms with van der Waals surface area (Å²) in [6.07, 6.45) is 1.08. The average Bonchev–Trinajstić information content (AvgIpc) is 3.61. The molecular weight excluding hydrogens is 653 g/mol. The van der Waals surface area contributed by atoms with E-state index in [-0.39, 0.29) is 24.8 Å². The predicted octanol–water partition coefficient (Wildman–Crippen LogP) is 3.92. The van der Waals surface area contributed by atoms with Crippen LogP contribution >= 0.6 is 0 Å². The Bertz CT molecular complexity index is 1700. The van der Waals surface area contributed by atoms with E-state index in [4.69, 9.17) is 9.47 Å². The van der Waals surface area contributed by atoms with Crippen molar-refractivity contribution in [2.75, 3.05) is 46.9 Å². The van der Waals surface area contributed by atoms with Crippen molar-refractivity contribution >= 4 is 34.6 Å². The highest BCUT2D eigenvalue weighted by Gasteiger charge is 2.41. The summed E-state index contributed by atoms with van der Waals surface area (Å²) in [5, 5.41) is 7.98. The van der Waals surface area contributed by atoms with Gasteiger partial charge in [-0.1, -0.05) is 54.6 Å². The number of methoxy groups -OCH3 is 1. The molecule has 274 valence electrons. The number of likely N-dealkylation sites (tertiary alicyclic amines) is 1. The zero-order chi connectivity index (χ0) is 36.7. The van der Waals surface area contributed by atoms with Gasteiger partial charge in [0.2, 0.25) is 17.7 Å². The van der Waals surface area contributed by atoms with E-state index < -0.39 is 47.6 Å². The molecule has 0 bridgehead atoms. The van der Waals surface area contributed by atoms with Crippen LogP contribution < -0.4 is 10.6 Å². The number of nitrogens with one attached hydrogen (secondary N) is 2. The van der Waals surface area contributed by atoms with E-state index in [2.05, 4.69) is 39.8 Å². The van der Waals surface area contributed by atoms with Gasteiger partial charge in [-0.3, -0.25) is 24.2 Å². The number of fused-ring (bicyclic) bond motifs is 1. The van der Waals surface area contributed by atoms with Gasteiger partial charge in [0.05, 0.1) is 18.7 Å². The summed E-state index contributed by atoms with van der Waals surface area (Å²) in [5.74, 6) is -1.29. The van der Waals surface area contributed by atoms with Gasteiger partial charge in [-0.15, -0.1) is 0 Å². The molecule has 2 fully saturated rings. The first kappa shape index (κ1) is 37.7. The molecule has 3 aromatic rings. The molecular formula is C39H50FN5O6. The molecule has 2 N–H and O–H groups in total. The minimum atomic E-state index is -0.998. The summed E-state index contributed by atoms with van der Waals surface area (Å²) in [7, 11) is 3.19. The minimum Gasteiger partial charge on any atom is -0.444 e. The Morgan fingerprint density at radius 3 is 2.29 bits per heavy atom. The Hall–Kier alpha value is -4.55. The maximum atomic E-state index is 14.5. The van der Waals surface area contributed by atoms with E-state index in [1.165, 1.54) is 17.0 Å². The van der Waals surface area contributed by atoms with Crippen LogP contribution in [0.4, 0.5) is 9.18 Å². The highest BCUT2D eigenvalue weighted by molar-refractivity contribution is 5.92. The van der Waals surface area contributed by atoms with Gasteiger partial charge in [-0.25, -0.2) is 9.18 Å². The number of hydrogen-bond acceptors (Lipinski definition) is 7. The number of amides is 4. The fourth-order valence-corrected chi connectivity index (χ4v) is 7.03. The van der Waals surface area contributed by atoms with Crippen LogP contribution in [0.2, 0.25) is 0 Å². The normalized spacial score (nSPS) is 19.4. The molecule has 0 spiro atoms. The summed E-state index contributed by atoms with van der Waals surface area (Å²) in [5.41, 5.74) is 0.966. The zero-order valence-corrected chi connectivity index (χ0v) is 30.2. The van der Waals surface area contributed by atoms with Crippen LogP contribution in [-0.4, -0.2) is 115 Å². The van der Waals surface area contributed by atoms with Gasteiger partial charge in [-0.2, -0.15) is 0 Å². The van der Waals surface area contributed by atoms with Crippen molar-refractivity contribution < 1.29 is 33.0 Å². The summed E-state index contributed by atoms with van der Waals surface area (Å²) < 4.78 is 25.0. The molecule has 3 aromatic carbocycles. The van der Waals surface area contributed by atoms with E-state index in [0.717, 1.165) is 16.3 Å². The molecule has 12 heteroatoms. The Kier molecular flexibility index (Phi) is 12.3. The molecule has 2 heterocycles. The van der Waals surface area contributed by atoms with Crippen LogP contribution in [0, 0.1) is 5.82 Å². The monoisotopic (exact) mass is 703 g/mol. The number of piperazine rings is 1. The van der Waals surface area contributed by atoms with E-state index >= 15 is 0 Å². The Morgan fingerprint density at radius 1 is 0.902 bits per heavy atom. The van der Waals surface area contributed by atoms with Gasteiger partial charge in [0.1, 0.15) is 23.5 Å². The van der Waals surface area contributed by atoms with E-state index in [0.29, 0.717) is 51.0 Å². The van der Waals surface area contributed by atoms with Crippen molar-refractivity contribution in [3.8, 4) is 0 Å². The molecule has 0 aliphatic carbocycles. The number of nitrogens with zero attached hydrogens (tertiary/aromatic N) is 3. The molecule has 4 atom stereocenters. The van der Waals surface area contributed by atoms with Crippen LogP contribution in [0.25, 0.3) is 10.8 Å². The largest absolute Gasteiger partial charge is 0.444 e. The first-order valence-corrected chi connectivity index (χ1v) is 17.6. The number of rotatable bonds is 11. The van der Waals surface area contributed by atoms with E-state index in [1.807, 2.05) is 18.2 Å². The van der Waals surface area contributed by atoms with Crippen LogP contribution in [-0.2, 0) is 36.7 Å². The summed E-state index contributed by atoms with van der Waals surface area (Å²) in [6.45, 7) is 6.97. The number of benzene rings is 3. The summed E-state index contributed by atoms with van der Waals surface area (Å²) >= 11 is 0. The van der Waals surface area contributed by atoms with Crippen LogP contribution in [0.3, 0.4) is 0 Å². The summed E-state index contributed by atoms with van der Waals surface area (Å²) in [4.78, 5) is 59.8. The Balaban J connectivity index is 1.35. The molecule has 2 aliphatic rings. The molecule has 0 radical (unpaired) electrons. The third kappa shape index (κ3) is 9.62. The summed E-state index contributed by atoms with van der Waals surface area (Å²) in [6, 6.07) is 17.4. The number of likely N-dealkylation sites (N-methyl/N-ethyl adjacent to an activating group) is 1. The van der Waals surface area contributed by atoms with Crippen molar-refractivity contribution in [2.45, 2.75) is 76.2 Å². The maximum Gasteiger partial charge on any atom is 0.410 e. The maximum absolute atomic E-state index is 14.5. The van der Waals surface area contributed by atoms with Gasteiger partial charge in [0.15, 0.2) is 0 Å². The Morgan fingerprint density at radius 2 is 1.61 bits per heavy atom. The number of hydrogen-bond donors (Lipinski definition) is 2. The third-order valence-corrected chi connectivity index (χ3v) is 9.54. The second-order valence-electron chi connectivity index (χ2n) is 14.4. The number of ether oxygens (including phenoxy) is 2. The molecule has 2 saturated heterocycles. The molecule has 0 aromatic heterocycles. The molecule has 51 heavy (non-hydrogen) atoms. The first-order chi connectivity index (χ1) is 24.4. The van der Waals surface area contributed by atoms with Crippen LogP contribution in [0.15, 0.2) is 66.7 Å². The standard InChI is InChI=1S/C39H50FN5O6/c1-39(2,3)51-38(49)45-18-8-11-33(45)36(47)42-32(22-26-13-16-30(40)17-14-26)37(48)44-20-19-43(24-31(44)25-50-5)34(35(46)41-4)23-27-12-15-28-9-6-7-10-29(28)21-27/h6-7,9-10,12-17,21,31-34H,8,11,18-20,22-25H2,1-5H3,(H,41,46)(H,42,47). The smallest absolute Gasteiger partial charge is 0.410 e. The fourth-order valence-electron chi connectivity index (χ4n) is 7.03. The number of carbonyl (C=O) groups is 4. The molecule has 2 aliphatic heterocycles. The van der Waals surface area contributed by atoms with Gasteiger partial charge >= 0.3 is 6.09 Å². The fraction of sp³-hybridized carbons (Fsp3) is 0.487. The number of carbonyl (C=O) groups excluding carboxylic acids is 4. The van der Waals surface area contributed by atoms with Crippen molar-refractivity contribution in [1.29, 1.82) is 0 Å². The minimum absolute atomic E-state index is 0.118. The van der Waals surface area contributed by atoms with Crippen LogP contribution in [0.5, 0.6) is 0 Å². The lowest BCUT2D eigenvalue weighted by Gasteiger charge is -2.44. The quantitative estimate of drug-likeness (QED) is 0.311.